The Morgan fingerprint density at radius 1 is 1.44 bits per heavy atom. The Bertz CT molecular complexity index is 323. The first-order valence-electron chi connectivity index (χ1n) is 5.75. The van der Waals surface area contributed by atoms with Crippen LogP contribution in [0.15, 0.2) is 0 Å². The van der Waals surface area contributed by atoms with Crippen LogP contribution in [-0.2, 0) is 10.2 Å². The Morgan fingerprint density at radius 3 is 2.44 bits per heavy atom. The number of hydrogen-bond donors (Lipinski definition) is 2. The average Bonchev–Trinajstić information content (AvgIpc) is 2.95. The molecule has 0 aromatic rings. The topological polar surface area (TPSA) is 75.4 Å². The van der Waals surface area contributed by atoms with Gasteiger partial charge in [-0.25, -0.2) is 0 Å². The smallest absolute Gasteiger partial charge is 0.279 e. The highest BCUT2D eigenvalue weighted by atomic mass is 32.2. The van der Waals surface area contributed by atoms with Crippen molar-refractivity contribution in [2.75, 3.05) is 20.1 Å². The number of rotatable bonds is 7. The zero-order valence-corrected chi connectivity index (χ0v) is 11.2. The second-order valence-corrected chi connectivity index (χ2v) is 6.84. The number of nitrogens with one attached hydrogen (secondary N) is 1. The molecule has 0 aromatic heterocycles. The lowest BCUT2D eigenvalue weighted by Gasteiger charge is -2.28. The molecule has 1 saturated carbocycles. The summed E-state index contributed by atoms with van der Waals surface area (Å²) >= 11 is 0. The molecule has 0 bridgehead atoms. The minimum Gasteiger partial charge on any atom is -0.330 e. The van der Waals surface area contributed by atoms with Gasteiger partial charge in [0.05, 0.1) is 0 Å². The van der Waals surface area contributed by atoms with Gasteiger partial charge in [-0.05, 0) is 45.6 Å². The third-order valence-electron chi connectivity index (χ3n) is 3.08. The molecule has 6 heteroatoms. The summed E-state index contributed by atoms with van der Waals surface area (Å²) in [5, 5.41) is 0. The van der Waals surface area contributed by atoms with Crippen LogP contribution in [0, 0.1) is 5.92 Å². The predicted octanol–water partition coefficient (Wildman–Crippen LogP) is 0.290. The van der Waals surface area contributed by atoms with Crippen LogP contribution in [0.25, 0.3) is 0 Å². The van der Waals surface area contributed by atoms with Gasteiger partial charge in [-0.1, -0.05) is 0 Å². The van der Waals surface area contributed by atoms with Crippen molar-refractivity contribution in [2.24, 2.45) is 11.7 Å². The van der Waals surface area contributed by atoms with E-state index in [0.717, 1.165) is 12.8 Å². The van der Waals surface area contributed by atoms with E-state index in [2.05, 4.69) is 4.72 Å². The lowest BCUT2D eigenvalue weighted by atomic mass is 10.0. The van der Waals surface area contributed by atoms with Crippen molar-refractivity contribution in [1.82, 2.24) is 9.03 Å². The third-order valence-corrected chi connectivity index (χ3v) is 4.86. The van der Waals surface area contributed by atoms with Gasteiger partial charge in [0.15, 0.2) is 0 Å². The zero-order chi connectivity index (χ0) is 12.4. The molecule has 16 heavy (non-hydrogen) atoms. The van der Waals surface area contributed by atoms with E-state index >= 15 is 0 Å². The normalized spacial score (nSPS) is 18.1. The molecular weight excluding hydrogens is 226 g/mol. The molecule has 1 aliphatic rings. The van der Waals surface area contributed by atoms with Gasteiger partial charge in [0.25, 0.3) is 10.2 Å². The van der Waals surface area contributed by atoms with Crippen LogP contribution in [-0.4, -0.2) is 38.4 Å². The summed E-state index contributed by atoms with van der Waals surface area (Å²) in [6.07, 6.45) is 2.91. The fourth-order valence-corrected chi connectivity index (χ4v) is 3.09. The quantitative estimate of drug-likeness (QED) is 0.681. The van der Waals surface area contributed by atoms with Gasteiger partial charge in [-0.3, -0.25) is 0 Å². The van der Waals surface area contributed by atoms with Crippen LogP contribution in [0.1, 0.15) is 33.1 Å². The molecular formula is C10H23N3O2S. The first-order chi connectivity index (χ1) is 7.29. The lowest BCUT2D eigenvalue weighted by molar-refractivity contribution is 0.373. The molecule has 1 fully saturated rings. The molecule has 0 unspecified atom stereocenters. The van der Waals surface area contributed by atoms with Crippen LogP contribution < -0.4 is 10.5 Å². The number of nitrogens with zero attached hydrogens (tertiary/aromatic N) is 1. The van der Waals surface area contributed by atoms with Gasteiger partial charge in [0.2, 0.25) is 0 Å². The maximum atomic E-state index is 12.0. The lowest BCUT2D eigenvalue weighted by Crippen LogP contribution is -2.50. The Labute approximate surface area is 98.6 Å². The average molecular weight is 249 g/mol. The van der Waals surface area contributed by atoms with Gasteiger partial charge >= 0.3 is 0 Å². The summed E-state index contributed by atoms with van der Waals surface area (Å²) in [6.45, 7) is 4.86. The highest BCUT2D eigenvalue weighted by molar-refractivity contribution is 7.87. The summed E-state index contributed by atoms with van der Waals surface area (Å²) < 4.78 is 28.0. The fourth-order valence-electron chi connectivity index (χ4n) is 1.73. The Hall–Kier alpha value is -0.170. The molecule has 0 atom stereocenters. The van der Waals surface area contributed by atoms with Gasteiger partial charge in [0, 0.05) is 19.1 Å². The van der Waals surface area contributed by atoms with E-state index in [1.165, 1.54) is 4.31 Å². The molecule has 5 nitrogen and oxygen atoms in total. The highest BCUT2D eigenvalue weighted by Crippen LogP contribution is 2.39. The molecule has 3 N–H and O–H groups in total. The molecule has 96 valence electrons. The summed E-state index contributed by atoms with van der Waals surface area (Å²) in [7, 11) is -1.78. The van der Waals surface area contributed by atoms with Crippen molar-refractivity contribution in [3.05, 3.63) is 0 Å². The van der Waals surface area contributed by atoms with Crippen molar-refractivity contribution in [2.45, 2.75) is 38.6 Å². The molecule has 0 radical (unpaired) electrons. The first-order valence-corrected chi connectivity index (χ1v) is 7.19. The largest absolute Gasteiger partial charge is 0.330 e. The number of nitrogens with two attached hydrogens (primary N) is 1. The maximum Gasteiger partial charge on any atom is 0.279 e. The fraction of sp³-hybridized carbons (Fsp3) is 1.00. The third kappa shape index (κ3) is 3.69. The van der Waals surface area contributed by atoms with Crippen LogP contribution in [0.4, 0.5) is 0 Å². The maximum absolute atomic E-state index is 12.0. The molecule has 0 amide bonds. The standard InChI is InChI=1S/C10H23N3O2S/c1-10(2,9-5-6-9)12-16(14,15)13(3)8-4-7-11/h9,12H,4-8,11H2,1-3H3. The molecule has 1 aliphatic carbocycles. The van der Waals surface area contributed by atoms with E-state index in [-0.39, 0.29) is 5.54 Å². The SMILES string of the molecule is CN(CCCN)S(=O)(=O)NC(C)(C)C1CC1. The van der Waals surface area contributed by atoms with Crippen LogP contribution in [0.5, 0.6) is 0 Å². The second kappa shape index (κ2) is 5.00. The molecule has 0 spiro atoms. The van der Waals surface area contributed by atoms with Crippen molar-refractivity contribution in [1.29, 1.82) is 0 Å². The van der Waals surface area contributed by atoms with Crippen LogP contribution in [0.2, 0.25) is 0 Å². The van der Waals surface area contributed by atoms with Gasteiger partial charge < -0.3 is 5.73 Å². The second-order valence-electron chi connectivity index (χ2n) is 5.07. The molecule has 0 aromatic carbocycles. The predicted molar refractivity (Wildman–Crippen MR) is 65.2 cm³/mol. The monoisotopic (exact) mass is 249 g/mol. The van der Waals surface area contributed by atoms with E-state index in [9.17, 15) is 8.42 Å². The van der Waals surface area contributed by atoms with Gasteiger partial charge in [-0.2, -0.15) is 17.4 Å². The van der Waals surface area contributed by atoms with Gasteiger partial charge in [0.1, 0.15) is 0 Å². The van der Waals surface area contributed by atoms with Crippen LogP contribution in [0.3, 0.4) is 0 Å². The van der Waals surface area contributed by atoms with Crippen molar-refractivity contribution >= 4 is 10.2 Å². The zero-order valence-electron chi connectivity index (χ0n) is 10.4. The van der Waals surface area contributed by atoms with Crippen molar-refractivity contribution in [3.8, 4) is 0 Å². The Balaban J connectivity index is 2.56. The van der Waals surface area contributed by atoms with E-state index < -0.39 is 10.2 Å². The summed E-state index contributed by atoms with van der Waals surface area (Å²) in [6, 6.07) is 0. The number of hydrogen-bond acceptors (Lipinski definition) is 3. The van der Waals surface area contributed by atoms with E-state index in [1.807, 2.05) is 13.8 Å². The van der Waals surface area contributed by atoms with Crippen molar-refractivity contribution in [3.63, 3.8) is 0 Å². The summed E-state index contributed by atoms with van der Waals surface area (Å²) in [5.74, 6) is 0.477. The van der Waals surface area contributed by atoms with Crippen LogP contribution >= 0.6 is 0 Å². The summed E-state index contributed by atoms with van der Waals surface area (Å²) in [4.78, 5) is 0. The summed E-state index contributed by atoms with van der Waals surface area (Å²) in [5.41, 5.74) is 5.03. The van der Waals surface area contributed by atoms with E-state index in [0.29, 0.717) is 25.4 Å². The first kappa shape index (κ1) is 13.9. The Morgan fingerprint density at radius 2 is 2.00 bits per heavy atom. The highest BCUT2D eigenvalue weighted by Gasteiger charge is 2.41. The Kier molecular flexibility index (Phi) is 4.34. The molecule has 0 heterocycles. The van der Waals surface area contributed by atoms with Gasteiger partial charge in [-0.15, -0.1) is 0 Å². The molecule has 0 saturated heterocycles. The minimum absolute atomic E-state index is 0.337. The minimum atomic E-state index is -3.37. The van der Waals surface area contributed by atoms with Crippen molar-refractivity contribution < 1.29 is 8.42 Å². The molecule has 1 rings (SSSR count). The molecule has 0 aliphatic heterocycles. The van der Waals surface area contributed by atoms with E-state index in [4.69, 9.17) is 5.73 Å². The van der Waals surface area contributed by atoms with E-state index in [1.54, 1.807) is 7.05 Å².